The molecule has 1 aliphatic carbocycles. The monoisotopic (exact) mass is 437 g/mol. The van der Waals surface area contributed by atoms with Crippen molar-refractivity contribution in [3.8, 4) is 6.07 Å². The van der Waals surface area contributed by atoms with Crippen LogP contribution in [0, 0.1) is 17.2 Å². The lowest BCUT2D eigenvalue weighted by molar-refractivity contribution is -0.761. The molecule has 1 spiro atoms. The van der Waals surface area contributed by atoms with Gasteiger partial charge in [-0.25, -0.2) is 14.5 Å². The molecular formula is C28H25N2O3+. The Bertz CT molecular complexity index is 1320. The number of nitrogens with one attached hydrogen (secondary N) is 1. The van der Waals surface area contributed by atoms with Crippen LogP contribution in [0.5, 0.6) is 0 Å². The molecule has 2 N–H and O–H groups in total. The number of rotatable bonds is 5. The summed E-state index contributed by atoms with van der Waals surface area (Å²) >= 11 is 0. The maximum Gasteiger partial charge on any atom is 0.335 e. The van der Waals surface area contributed by atoms with Crippen molar-refractivity contribution in [2.45, 2.75) is 37.6 Å². The van der Waals surface area contributed by atoms with Crippen LogP contribution >= 0.6 is 0 Å². The minimum atomic E-state index is -0.974. The van der Waals surface area contributed by atoms with Crippen LogP contribution in [0.15, 0.2) is 72.8 Å². The number of nitrogens with zero attached hydrogens (tertiary/aromatic N) is 1. The number of aromatic carboxylic acids is 1. The van der Waals surface area contributed by atoms with Crippen LogP contribution in [-0.2, 0) is 22.2 Å². The van der Waals surface area contributed by atoms with Crippen molar-refractivity contribution >= 4 is 17.6 Å². The second kappa shape index (κ2) is 7.40. The molecule has 1 fully saturated rings. The lowest BCUT2D eigenvalue weighted by Gasteiger charge is -2.25. The van der Waals surface area contributed by atoms with Gasteiger partial charge in [0.25, 0.3) is 0 Å². The van der Waals surface area contributed by atoms with Crippen molar-refractivity contribution in [1.82, 2.24) is 0 Å². The van der Waals surface area contributed by atoms with Crippen LogP contribution < -0.4 is 4.90 Å². The van der Waals surface area contributed by atoms with E-state index in [1.54, 1.807) is 18.2 Å². The zero-order valence-electron chi connectivity index (χ0n) is 18.6. The van der Waals surface area contributed by atoms with Crippen molar-refractivity contribution in [2.75, 3.05) is 0 Å². The summed E-state index contributed by atoms with van der Waals surface area (Å²) in [6, 6.07) is 24.7. The van der Waals surface area contributed by atoms with E-state index in [1.807, 2.05) is 48.5 Å². The molecule has 0 saturated heterocycles. The van der Waals surface area contributed by atoms with Crippen LogP contribution in [0.3, 0.4) is 0 Å². The van der Waals surface area contributed by atoms with Gasteiger partial charge in [0.05, 0.1) is 17.2 Å². The van der Waals surface area contributed by atoms with E-state index in [-0.39, 0.29) is 22.8 Å². The number of para-hydroxylation sites is 1. The molecule has 33 heavy (non-hydrogen) atoms. The number of carbonyl (C=O) groups excluding carboxylic acids is 1. The summed E-state index contributed by atoms with van der Waals surface area (Å²) in [7, 11) is 0. The smallest absolute Gasteiger partial charge is 0.335 e. The highest BCUT2D eigenvalue weighted by atomic mass is 16.4. The van der Waals surface area contributed by atoms with Gasteiger partial charge in [0.1, 0.15) is 17.6 Å². The van der Waals surface area contributed by atoms with Gasteiger partial charge in [0, 0.05) is 16.5 Å². The van der Waals surface area contributed by atoms with Crippen molar-refractivity contribution in [3.05, 3.63) is 101 Å². The van der Waals surface area contributed by atoms with E-state index in [0.29, 0.717) is 12.1 Å². The number of hydrogen-bond donors (Lipinski definition) is 2. The number of amides is 1. The number of carboxylic acid groups (broad SMARTS) is 1. The maximum atomic E-state index is 14.2. The first kappa shape index (κ1) is 21.1. The molecule has 1 aliphatic heterocycles. The van der Waals surface area contributed by atoms with Crippen molar-refractivity contribution in [2.24, 2.45) is 5.92 Å². The molecular weight excluding hydrogens is 412 g/mol. The second-order valence-electron chi connectivity index (χ2n) is 9.43. The third-order valence-electron chi connectivity index (χ3n) is 7.62. The predicted octanol–water partition coefficient (Wildman–Crippen LogP) is 3.75. The van der Waals surface area contributed by atoms with E-state index in [4.69, 9.17) is 0 Å². The SMILES string of the molecule is CC(C)C1(c2ccc(C#N)cc2)CC12C(=O)[NH+](Cc1cccc(C(=O)O)c1)c1ccccc12. The van der Waals surface area contributed by atoms with E-state index < -0.39 is 11.4 Å². The van der Waals surface area contributed by atoms with Crippen LogP contribution in [0.4, 0.5) is 5.69 Å². The number of fused-ring (bicyclic) bond motifs is 2. The lowest BCUT2D eigenvalue weighted by atomic mass is 9.75. The molecule has 3 aromatic rings. The molecule has 3 aromatic carbocycles. The van der Waals surface area contributed by atoms with E-state index >= 15 is 0 Å². The molecule has 0 radical (unpaired) electrons. The van der Waals surface area contributed by atoms with Gasteiger partial charge in [-0.05, 0) is 48.2 Å². The van der Waals surface area contributed by atoms with Gasteiger partial charge in [-0.2, -0.15) is 5.26 Å². The Balaban J connectivity index is 1.60. The molecule has 5 nitrogen and oxygen atoms in total. The molecule has 1 heterocycles. The Morgan fingerprint density at radius 3 is 2.48 bits per heavy atom. The summed E-state index contributed by atoms with van der Waals surface area (Å²) in [5.74, 6) is -0.613. The van der Waals surface area contributed by atoms with Gasteiger partial charge < -0.3 is 5.11 Å². The van der Waals surface area contributed by atoms with Crippen LogP contribution in [0.1, 0.15) is 52.9 Å². The molecule has 1 saturated carbocycles. The molecule has 5 rings (SSSR count). The fraction of sp³-hybridized carbons (Fsp3) is 0.250. The van der Waals surface area contributed by atoms with E-state index in [2.05, 4.69) is 26.0 Å². The Hall–Kier alpha value is -3.75. The zero-order chi connectivity index (χ0) is 23.4. The largest absolute Gasteiger partial charge is 0.478 e. The summed E-state index contributed by atoms with van der Waals surface area (Å²) in [4.78, 5) is 26.4. The Labute approximate surface area is 192 Å². The van der Waals surface area contributed by atoms with Crippen LogP contribution in [0.25, 0.3) is 0 Å². The summed E-state index contributed by atoms with van der Waals surface area (Å²) in [5.41, 5.74) is 3.83. The van der Waals surface area contributed by atoms with Gasteiger partial charge >= 0.3 is 11.9 Å². The van der Waals surface area contributed by atoms with Crippen molar-refractivity contribution in [1.29, 1.82) is 5.26 Å². The van der Waals surface area contributed by atoms with E-state index in [0.717, 1.165) is 33.7 Å². The molecule has 164 valence electrons. The number of carbonyl (C=O) groups is 2. The maximum absolute atomic E-state index is 14.2. The highest BCUT2D eigenvalue weighted by Crippen LogP contribution is 2.71. The van der Waals surface area contributed by atoms with Gasteiger partial charge in [-0.3, -0.25) is 0 Å². The molecule has 0 aromatic heterocycles. The molecule has 1 amide bonds. The minimum Gasteiger partial charge on any atom is -0.478 e. The Morgan fingerprint density at radius 1 is 1.09 bits per heavy atom. The first-order valence-corrected chi connectivity index (χ1v) is 11.2. The molecule has 3 unspecified atom stereocenters. The van der Waals surface area contributed by atoms with Crippen LogP contribution in [-0.4, -0.2) is 17.0 Å². The quantitative estimate of drug-likeness (QED) is 0.637. The summed E-state index contributed by atoms with van der Waals surface area (Å²) in [6.07, 6.45) is 0.734. The average molecular weight is 438 g/mol. The number of hydrogen-bond acceptors (Lipinski definition) is 3. The third kappa shape index (κ3) is 2.88. The second-order valence-corrected chi connectivity index (χ2v) is 9.43. The standard InChI is InChI=1S/C28H24N2O3/c1-18(2)27(22-12-10-19(15-29)11-13-22)17-28(27)23-8-3-4-9-24(23)30(26(28)33)16-20-6-5-7-21(14-20)25(31)32/h3-14,18H,16-17H2,1-2H3,(H,31,32)/p+1. The normalized spacial score (nSPS) is 25.2. The summed E-state index contributed by atoms with van der Waals surface area (Å²) in [6.45, 7) is 4.73. The Kier molecular flexibility index (Phi) is 4.73. The molecule has 3 atom stereocenters. The molecule has 0 bridgehead atoms. The molecule has 2 aliphatic rings. The van der Waals surface area contributed by atoms with Crippen molar-refractivity contribution in [3.63, 3.8) is 0 Å². The van der Waals surface area contributed by atoms with Crippen molar-refractivity contribution < 1.29 is 19.6 Å². The van der Waals surface area contributed by atoms with E-state index in [1.165, 1.54) is 0 Å². The number of carboxylic acids is 1. The topological polar surface area (TPSA) is 82.6 Å². The van der Waals surface area contributed by atoms with Crippen LogP contribution in [0.2, 0.25) is 0 Å². The summed E-state index contributed by atoms with van der Waals surface area (Å²) in [5, 5.41) is 18.6. The number of nitriles is 1. The first-order valence-electron chi connectivity index (χ1n) is 11.2. The fourth-order valence-electron chi connectivity index (χ4n) is 6.03. The van der Waals surface area contributed by atoms with Gasteiger partial charge in [-0.1, -0.05) is 56.3 Å². The first-order chi connectivity index (χ1) is 15.8. The van der Waals surface area contributed by atoms with Gasteiger partial charge in [0.2, 0.25) is 0 Å². The van der Waals surface area contributed by atoms with E-state index in [9.17, 15) is 20.0 Å². The van der Waals surface area contributed by atoms with Gasteiger partial charge in [-0.15, -0.1) is 0 Å². The Morgan fingerprint density at radius 2 is 1.82 bits per heavy atom. The predicted molar refractivity (Wildman–Crippen MR) is 123 cm³/mol. The zero-order valence-corrected chi connectivity index (χ0v) is 18.6. The number of quaternary nitrogens is 1. The average Bonchev–Trinajstić information content (AvgIpc) is 3.49. The summed E-state index contributed by atoms with van der Waals surface area (Å²) < 4.78 is 0. The minimum absolute atomic E-state index is 0.141. The highest BCUT2D eigenvalue weighted by molar-refractivity contribution is 5.96. The fourth-order valence-corrected chi connectivity index (χ4v) is 6.03. The lowest BCUT2D eigenvalue weighted by Crippen LogP contribution is -3.08. The number of benzene rings is 3. The molecule has 5 heteroatoms. The highest BCUT2D eigenvalue weighted by Gasteiger charge is 2.80. The third-order valence-corrected chi connectivity index (χ3v) is 7.62. The van der Waals surface area contributed by atoms with Gasteiger partial charge in [0.15, 0.2) is 0 Å².